The number of aliphatic hydroxyl groups is 2. The Morgan fingerprint density at radius 3 is 2.94 bits per heavy atom. The molecule has 0 amide bonds. The summed E-state index contributed by atoms with van der Waals surface area (Å²) in [4.78, 5) is 18.8. The molecule has 0 aromatic carbocycles. The molecule has 4 unspecified atom stereocenters. The molecule has 0 radical (unpaired) electrons. The van der Waals surface area contributed by atoms with Gasteiger partial charge in [-0.2, -0.15) is 4.98 Å². The van der Waals surface area contributed by atoms with Gasteiger partial charge >= 0.3 is 5.69 Å². The highest BCUT2D eigenvalue weighted by Crippen LogP contribution is 2.29. The molecule has 100 valence electrons. The molecule has 1 saturated heterocycles. The van der Waals surface area contributed by atoms with Crippen LogP contribution in [0.5, 0.6) is 0 Å². The van der Waals surface area contributed by atoms with Crippen LogP contribution in [0.25, 0.3) is 0 Å². The van der Waals surface area contributed by atoms with Gasteiger partial charge in [0.05, 0.1) is 6.61 Å². The van der Waals surface area contributed by atoms with Crippen molar-refractivity contribution >= 4 is 5.95 Å². The minimum Gasteiger partial charge on any atom is -0.394 e. The van der Waals surface area contributed by atoms with Gasteiger partial charge in [0.25, 0.3) is 0 Å². The van der Waals surface area contributed by atoms with Crippen LogP contribution in [0.2, 0.25) is 0 Å². The summed E-state index contributed by atoms with van der Waals surface area (Å²) in [5.74, 6) is -0.150. The fourth-order valence-corrected chi connectivity index (χ4v) is 1.88. The first-order valence-electron chi connectivity index (χ1n) is 5.26. The Balaban J connectivity index is 2.35. The summed E-state index contributed by atoms with van der Waals surface area (Å²) in [6.07, 6.45) is -2.42. The Kier molecular flexibility index (Phi) is 3.57. The number of ether oxygens (including phenoxy) is 2. The summed E-state index contributed by atoms with van der Waals surface area (Å²) < 4.78 is 11.5. The monoisotopic (exact) mass is 258 g/mol. The van der Waals surface area contributed by atoms with Crippen molar-refractivity contribution in [1.82, 2.24) is 14.5 Å². The molecule has 1 aliphatic heterocycles. The number of rotatable bonds is 3. The first-order chi connectivity index (χ1) is 8.58. The van der Waals surface area contributed by atoms with Gasteiger partial charge in [0.2, 0.25) is 5.95 Å². The highest BCUT2D eigenvalue weighted by molar-refractivity contribution is 5.10. The third-order valence-electron chi connectivity index (χ3n) is 2.78. The number of aromatic nitrogens is 3. The first kappa shape index (κ1) is 12.9. The van der Waals surface area contributed by atoms with Gasteiger partial charge in [-0.1, -0.05) is 0 Å². The molecule has 1 aromatic rings. The average Bonchev–Trinajstić information content (AvgIpc) is 2.65. The highest BCUT2D eigenvalue weighted by Gasteiger charge is 2.45. The molecule has 9 heteroatoms. The number of methoxy groups -OCH3 is 1. The van der Waals surface area contributed by atoms with E-state index in [0.29, 0.717) is 0 Å². The Bertz CT molecular complexity index is 478. The van der Waals surface area contributed by atoms with Crippen LogP contribution in [0.15, 0.2) is 11.1 Å². The van der Waals surface area contributed by atoms with Crippen molar-refractivity contribution in [2.24, 2.45) is 0 Å². The molecule has 1 aliphatic rings. The Labute approximate surface area is 102 Å². The number of hydrogen-bond acceptors (Lipinski definition) is 8. The predicted molar refractivity (Wildman–Crippen MR) is 58.5 cm³/mol. The SMILES string of the molecule is COC1C(O)C(CO)OC1n1cnc(N)nc1=O. The van der Waals surface area contributed by atoms with E-state index < -0.39 is 30.2 Å². The third-order valence-corrected chi connectivity index (χ3v) is 2.78. The van der Waals surface area contributed by atoms with Gasteiger partial charge in [-0.3, -0.25) is 4.57 Å². The lowest BCUT2D eigenvalue weighted by Gasteiger charge is -2.19. The molecule has 18 heavy (non-hydrogen) atoms. The second kappa shape index (κ2) is 4.98. The van der Waals surface area contributed by atoms with Crippen LogP contribution in [0.1, 0.15) is 6.23 Å². The van der Waals surface area contributed by atoms with Crippen molar-refractivity contribution in [3.05, 3.63) is 16.8 Å². The molecule has 1 fully saturated rings. The van der Waals surface area contributed by atoms with E-state index in [0.717, 1.165) is 10.9 Å². The fraction of sp³-hybridized carbons (Fsp3) is 0.667. The van der Waals surface area contributed by atoms with E-state index in [1.165, 1.54) is 7.11 Å². The van der Waals surface area contributed by atoms with E-state index >= 15 is 0 Å². The van der Waals surface area contributed by atoms with Crippen LogP contribution in [-0.2, 0) is 9.47 Å². The van der Waals surface area contributed by atoms with Gasteiger partial charge in [0.1, 0.15) is 24.6 Å². The van der Waals surface area contributed by atoms with Crippen molar-refractivity contribution < 1.29 is 19.7 Å². The average molecular weight is 258 g/mol. The largest absolute Gasteiger partial charge is 0.394 e. The Hall–Kier alpha value is -1.55. The minimum atomic E-state index is -1.05. The van der Waals surface area contributed by atoms with Gasteiger partial charge in [-0.25, -0.2) is 9.78 Å². The van der Waals surface area contributed by atoms with Crippen LogP contribution in [0, 0.1) is 0 Å². The smallest absolute Gasteiger partial charge is 0.354 e. The van der Waals surface area contributed by atoms with E-state index in [1.807, 2.05) is 0 Å². The minimum absolute atomic E-state index is 0.150. The van der Waals surface area contributed by atoms with Crippen molar-refractivity contribution in [2.75, 3.05) is 19.5 Å². The Morgan fingerprint density at radius 2 is 2.39 bits per heavy atom. The summed E-state index contributed by atoms with van der Waals surface area (Å²) in [5, 5.41) is 18.9. The van der Waals surface area contributed by atoms with E-state index in [-0.39, 0.29) is 12.6 Å². The van der Waals surface area contributed by atoms with Gasteiger partial charge in [-0.15, -0.1) is 0 Å². The molecule has 2 rings (SSSR count). The van der Waals surface area contributed by atoms with Crippen LogP contribution in [-0.4, -0.2) is 56.8 Å². The summed E-state index contributed by atoms with van der Waals surface area (Å²) in [5.41, 5.74) is 4.61. The maximum Gasteiger partial charge on any atom is 0.354 e. The zero-order valence-electron chi connectivity index (χ0n) is 9.63. The molecule has 0 spiro atoms. The van der Waals surface area contributed by atoms with Crippen LogP contribution in [0.3, 0.4) is 0 Å². The van der Waals surface area contributed by atoms with Gasteiger partial charge in [-0.05, 0) is 0 Å². The lowest BCUT2D eigenvalue weighted by molar-refractivity contribution is -0.0629. The van der Waals surface area contributed by atoms with Crippen LogP contribution >= 0.6 is 0 Å². The van der Waals surface area contributed by atoms with Crippen molar-refractivity contribution in [3.8, 4) is 0 Å². The molecule has 0 bridgehead atoms. The lowest BCUT2D eigenvalue weighted by atomic mass is 10.1. The van der Waals surface area contributed by atoms with Crippen molar-refractivity contribution in [1.29, 1.82) is 0 Å². The highest BCUT2D eigenvalue weighted by atomic mass is 16.6. The van der Waals surface area contributed by atoms with E-state index in [1.54, 1.807) is 0 Å². The maximum absolute atomic E-state index is 11.6. The third kappa shape index (κ3) is 2.08. The quantitative estimate of drug-likeness (QED) is 0.541. The number of aliphatic hydroxyl groups excluding tert-OH is 2. The molecule has 4 N–H and O–H groups in total. The van der Waals surface area contributed by atoms with Crippen LogP contribution in [0.4, 0.5) is 5.95 Å². The maximum atomic E-state index is 11.6. The van der Waals surface area contributed by atoms with Gasteiger partial charge in [0, 0.05) is 7.11 Å². The molecular weight excluding hydrogens is 244 g/mol. The van der Waals surface area contributed by atoms with E-state index in [9.17, 15) is 9.90 Å². The topological polar surface area (TPSA) is 133 Å². The summed E-state index contributed by atoms with van der Waals surface area (Å²) in [7, 11) is 1.37. The van der Waals surface area contributed by atoms with Crippen LogP contribution < -0.4 is 11.4 Å². The molecular formula is C9H14N4O5. The molecule has 0 saturated carbocycles. The number of hydrogen-bond donors (Lipinski definition) is 3. The zero-order valence-corrected chi connectivity index (χ0v) is 9.63. The zero-order chi connectivity index (χ0) is 13.3. The van der Waals surface area contributed by atoms with Gasteiger partial charge < -0.3 is 25.4 Å². The second-order valence-electron chi connectivity index (χ2n) is 3.84. The molecule has 9 nitrogen and oxygen atoms in total. The van der Waals surface area contributed by atoms with Crippen molar-refractivity contribution in [2.45, 2.75) is 24.5 Å². The summed E-state index contributed by atoms with van der Waals surface area (Å²) in [6, 6.07) is 0. The number of anilines is 1. The molecule has 1 aromatic heterocycles. The number of nitrogen functional groups attached to an aromatic ring is 1. The van der Waals surface area contributed by atoms with Gasteiger partial charge in [0.15, 0.2) is 6.23 Å². The predicted octanol–water partition coefficient (Wildman–Crippen LogP) is -2.51. The Morgan fingerprint density at radius 1 is 1.67 bits per heavy atom. The van der Waals surface area contributed by atoms with Crippen molar-refractivity contribution in [3.63, 3.8) is 0 Å². The standard InChI is InChI=1S/C9H14N4O5/c1-17-6-5(15)4(2-14)18-7(6)13-3-11-8(10)12-9(13)16/h3-7,14-15H,2H2,1H3,(H2,10,12,16). The second-order valence-corrected chi connectivity index (χ2v) is 3.84. The fourth-order valence-electron chi connectivity index (χ4n) is 1.88. The molecule has 4 atom stereocenters. The van der Waals surface area contributed by atoms with E-state index in [2.05, 4.69) is 9.97 Å². The first-order valence-corrected chi connectivity index (χ1v) is 5.26. The molecule has 0 aliphatic carbocycles. The number of nitrogens with zero attached hydrogens (tertiary/aromatic N) is 3. The summed E-state index contributed by atoms with van der Waals surface area (Å²) >= 11 is 0. The number of nitrogens with two attached hydrogens (primary N) is 1. The normalized spacial score (nSPS) is 31.7. The van der Waals surface area contributed by atoms with E-state index in [4.69, 9.17) is 20.3 Å². The summed E-state index contributed by atoms with van der Waals surface area (Å²) in [6.45, 7) is -0.387. The molecule has 2 heterocycles. The lowest BCUT2D eigenvalue weighted by Crippen LogP contribution is -2.37.